The topological polar surface area (TPSA) is 72.9 Å². The fraction of sp³-hybridized carbons (Fsp3) is 0.364. The highest BCUT2D eigenvalue weighted by atomic mass is 19.4. The molecule has 8 heteroatoms. The van der Waals surface area contributed by atoms with Crippen molar-refractivity contribution in [3.63, 3.8) is 0 Å². The van der Waals surface area contributed by atoms with E-state index < -0.39 is 23.3 Å². The summed E-state index contributed by atoms with van der Waals surface area (Å²) >= 11 is 0. The van der Waals surface area contributed by atoms with E-state index >= 15 is 0 Å². The number of nitrogens with two attached hydrogens (primary N) is 1. The number of nitrogens with zero attached hydrogens (tertiary/aromatic N) is 3. The first-order chi connectivity index (χ1) is 8.86. The highest BCUT2D eigenvalue weighted by Crippen LogP contribution is 2.38. The Morgan fingerprint density at radius 2 is 2.16 bits per heavy atom. The summed E-state index contributed by atoms with van der Waals surface area (Å²) in [5.41, 5.74) is 2.97. The molecule has 0 bridgehead atoms. The molecule has 1 aromatic rings. The van der Waals surface area contributed by atoms with Gasteiger partial charge < -0.3 is 10.5 Å². The molecule has 2 heterocycles. The second kappa shape index (κ2) is 4.52. The van der Waals surface area contributed by atoms with Crippen molar-refractivity contribution >= 4 is 5.69 Å². The zero-order valence-electron chi connectivity index (χ0n) is 9.98. The van der Waals surface area contributed by atoms with Crippen molar-refractivity contribution < 1.29 is 17.9 Å². The quantitative estimate of drug-likeness (QED) is 0.918. The Labute approximate surface area is 107 Å². The molecular formula is C11H11F3N4O. The van der Waals surface area contributed by atoms with Gasteiger partial charge in [0, 0.05) is 12.5 Å². The number of rotatable bonds is 3. The molecule has 0 fully saturated rings. The monoisotopic (exact) mass is 272 g/mol. The van der Waals surface area contributed by atoms with E-state index in [9.17, 15) is 13.2 Å². The highest BCUT2D eigenvalue weighted by Gasteiger charge is 2.39. The van der Waals surface area contributed by atoms with Gasteiger partial charge in [-0.3, -0.25) is 0 Å². The Kier molecular flexibility index (Phi) is 3.17. The molecule has 2 N–H and O–H groups in total. The predicted octanol–water partition coefficient (Wildman–Crippen LogP) is 3.15. The molecule has 19 heavy (non-hydrogen) atoms. The Morgan fingerprint density at radius 1 is 1.42 bits per heavy atom. The van der Waals surface area contributed by atoms with E-state index in [1.54, 1.807) is 6.92 Å². The molecule has 1 aliphatic rings. The van der Waals surface area contributed by atoms with Crippen LogP contribution >= 0.6 is 0 Å². The largest absolute Gasteiger partial charge is 0.443 e. The lowest BCUT2D eigenvalue weighted by atomic mass is 10.1. The SMILES string of the molecule is CCC1(Oc2ncc(N)cc2C(F)(F)F)C=CN=N1. The molecule has 0 saturated heterocycles. The fourth-order valence-electron chi connectivity index (χ4n) is 1.55. The number of ether oxygens (including phenoxy) is 1. The Balaban J connectivity index is 2.40. The number of nitrogen functional groups attached to an aromatic ring is 1. The van der Waals surface area contributed by atoms with Crippen LogP contribution in [0.5, 0.6) is 5.88 Å². The summed E-state index contributed by atoms with van der Waals surface area (Å²) in [6.45, 7) is 1.72. The van der Waals surface area contributed by atoms with Crippen LogP contribution in [-0.4, -0.2) is 10.7 Å². The average molecular weight is 272 g/mol. The summed E-state index contributed by atoms with van der Waals surface area (Å²) in [6.07, 6.45) is -0.328. The number of hydrogen-bond donors (Lipinski definition) is 1. The zero-order valence-corrected chi connectivity index (χ0v) is 9.98. The molecule has 1 aromatic heterocycles. The van der Waals surface area contributed by atoms with Crippen LogP contribution in [0, 0.1) is 0 Å². The van der Waals surface area contributed by atoms with Crippen molar-refractivity contribution in [3.8, 4) is 5.88 Å². The summed E-state index contributed by atoms with van der Waals surface area (Å²) in [5.74, 6) is -0.561. The molecule has 0 radical (unpaired) electrons. The summed E-state index contributed by atoms with van der Waals surface area (Å²) in [7, 11) is 0. The standard InChI is InChI=1S/C11H11F3N4O/c1-2-10(3-4-17-18-10)19-9-8(11(12,13)14)5-7(15)6-16-9/h3-6H,2,15H2,1H3. The predicted molar refractivity (Wildman–Crippen MR) is 61.3 cm³/mol. The minimum absolute atomic E-state index is 0.0891. The van der Waals surface area contributed by atoms with E-state index in [1.165, 1.54) is 12.3 Å². The molecule has 0 spiro atoms. The van der Waals surface area contributed by atoms with Gasteiger partial charge >= 0.3 is 6.18 Å². The summed E-state index contributed by atoms with van der Waals surface area (Å²) in [4.78, 5) is 3.60. The molecule has 2 rings (SSSR count). The molecule has 5 nitrogen and oxygen atoms in total. The second-order valence-corrected chi connectivity index (χ2v) is 3.95. The third kappa shape index (κ3) is 2.67. The molecule has 102 valence electrons. The minimum Gasteiger partial charge on any atom is -0.443 e. The lowest BCUT2D eigenvalue weighted by molar-refractivity contribution is -0.140. The fourth-order valence-corrected chi connectivity index (χ4v) is 1.55. The molecule has 0 aromatic carbocycles. The number of hydrogen-bond acceptors (Lipinski definition) is 5. The first-order valence-corrected chi connectivity index (χ1v) is 5.48. The van der Waals surface area contributed by atoms with Crippen molar-refractivity contribution in [2.75, 3.05) is 5.73 Å². The van der Waals surface area contributed by atoms with E-state index in [0.717, 1.165) is 12.3 Å². The first-order valence-electron chi connectivity index (χ1n) is 5.48. The van der Waals surface area contributed by atoms with Gasteiger partial charge in [0.15, 0.2) is 0 Å². The maximum atomic E-state index is 12.9. The van der Waals surface area contributed by atoms with Crippen molar-refractivity contribution in [3.05, 3.63) is 30.1 Å². The minimum atomic E-state index is -4.61. The lowest BCUT2D eigenvalue weighted by Crippen LogP contribution is -2.30. The summed E-state index contributed by atoms with van der Waals surface area (Å²) in [6, 6.07) is 0.779. The molecule has 1 aliphatic heterocycles. The number of alkyl halides is 3. The van der Waals surface area contributed by atoms with Crippen LogP contribution in [0.15, 0.2) is 34.8 Å². The van der Waals surface area contributed by atoms with Crippen molar-refractivity contribution in [1.82, 2.24) is 4.98 Å². The Morgan fingerprint density at radius 3 is 2.68 bits per heavy atom. The third-order valence-electron chi connectivity index (χ3n) is 2.59. The third-order valence-corrected chi connectivity index (χ3v) is 2.59. The number of aromatic nitrogens is 1. The van der Waals surface area contributed by atoms with Gasteiger partial charge in [-0.25, -0.2) is 4.98 Å². The van der Waals surface area contributed by atoms with Gasteiger partial charge in [-0.15, -0.1) is 5.11 Å². The Hall–Kier alpha value is -2.12. The lowest BCUT2D eigenvalue weighted by Gasteiger charge is -2.23. The van der Waals surface area contributed by atoms with Gasteiger partial charge in [0.05, 0.1) is 18.1 Å². The maximum Gasteiger partial charge on any atom is 0.421 e. The zero-order chi connectivity index (χ0) is 14.1. The van der Waals surface area contributed by atoms with Crippen LogP contribution in [-0.2, 0) is 6.18 Å². The number of halogens is 3. The van der Waals surface area contributed by atoms with E-state index in [1.807, 2.05) is 0 Å². The number of pyridine rings is 1. The normalized spacial score (nSPS) is 21.9. The van der Waals surface area contributed by atoms with Gasteiger partial charge in [0.2, 0.25) is 11.6 Å². The molecule has 1 unspecified atom stereocenters. The maximum absolute atomic E-state index is 12.9. The Bertz CT molecular complexity index is 527. The smallest absolute Gasteiger partial charge is 0.421 e. The van der Waals surface area contributed by atoms with Gasteiger partial charge in [0.25, 0.3) is 0 Å². The van der Waals surface area contributed by atoms with Crippen molar-refractivity contribution in [2.24, 2.45) is 10.2 Å². The van der Waals surface area contributed by atoms with Crippen LogP contribution < -0.4 is 10.5 Å². The summed E-state index contributed by atoms with van der Waals surface area (Å²) in [5, 5.41) is 7.38. The number of azo groups is 1. The van der Waals surface area contributed by atoms with Gasteiger partial charge in [0.1, 0.15) is 5.56 Å². The first kappa shape index (κ1) is 13.3. The van der Waals surface area contributed by atoms with Gasteiger partial charge in [-0.1, -0.05) is 6.92 Å². The van der Waals surface area contributed by atoms with Crippen molar-refractivity contribution in [2.45, 2.75) is 25.2 Å². The molecule has 0 saturated carbocycles. The molecule has 0 amide bonds. The second-order valence-electron chi connectivity index (χ2n) is 3.95. The molecule has 0 aliphatic carbocycles. The van der Waals surface area contributed by atoms with E-state index in [4.69, 9.17) is 10.5 Å². The van der Waals surface area contributed by atoms with E-state index in [0.29, 0.717) is 6.42 Å². The van der Waals surface area contributed by atoms with E-state index in [-0.39, 0.29) is 5.69 Å². The van der Waals surface area contributed by atoms with E-state index in [2.05, 4.69) is 15.2 Å². The van der Waals surface area contributed by atoms with Crippen LogP contribution in [0.3, 0.4) is 0 Å². The van der Waals surface area contributed by atoms with Crippen LogP contribution in [0.1, 0.15) is 18.9 Å². The van der Waals surface area contributed by atoms with Crippen LogP contribution in [0.25, 0.3) is 0 Å². The highest BCUT2D eigenvalue weighted by molar-refractivity contribution is 5.44. The molecular weight excluding hydrogens is 261 g/mol. The van der Waals surface area contributed by atoms with Crippen LogP contribution in [0.2, 0.25) is 0 Å². The number of anilines is 1. The van der Waals surface area contributed by atoms with Gasteiger partial charge in [-0.2, -0.15) is 18.3 Å². The average Bonchev–Trinajstić information content (AvgIpc) is 2.79. The molecule has 1 atom stereocenters. The summed E-state index contributed by atoms with van der Waals surface area (Å²) < 4.78 is 43.9. The van der Waals surface area contributed by atoms with Crippen LogP contribution in [0.4, 0.5) is 18.9 Å². The van der Waals surface area contributed by atoms with Crippen molar-refractivity contribution in [1.29, 1.82) is 0 Å². The van der Waals surface area contributed by atoms with Gasteiger partial charge in [-0.05, 0) is 6.07 Å².